The number of allylic oxidation sites excluding steroid dienone is 1. The van der Waals surface area contributed by atoms with Crippen molar-refractivity contribution >= 4 is 11.5 Å². The van der Waals surface area contributed by atoms with E-state index in [1.165, 1.54) is 5.56 Å². The van der Waals surface area contributed by atoms with Crippen molar-refractivity contribution in [1.29, 1.82) is 0 Å². The Bertz CT molecular complexity index is 400. The van der Waals surface area contributed by atoms with Gasteiger partial charge >= 0.3 is 0 Å². The number of hydrogen-bond donors (Lipinski definition) is 1. The lowest BCUT2D eigenvalue weighted by atomic mass is 10.0. The van der Waals surface area contributed by atoms with Crippen molar-refractivity contribution in [2.45, 2.75) is 44.6 Å². The SMILES string of the molecule is C=CCCCCCC(=O)C1Cc2ccccc2N1. The van der Waals surface area contributed by atoms with E-state index in [2.05, 4.69) is 18.0 Å². The molecule has 2 rings (SSSR count). The van der Waals surface area contributed by atoms with Crippen LogP contribution < -0.4 is 5.32 Å². The second-order valence-electron chi connectivity index (χ2n) is 4.91. The summed E-state index contributed by atoms with van der Waals surface area (Å²) in [6.45, 7) is 3.70. The van der Waals surface area contributed by atoms with Crippen LogP contribution in [-0.4, -0.2) is 11.8 Å². The lowest BCUT2D eigenvalue weighted by molar-refractivity contribution is -0.119. The van der Waals surface area contributed by atoms with E-state index in [1.54, 1.807) is 0 Å². The lowest BCUT2D eigenvalue weighted by Gasteiger charge is -2.09. The Labute approximate surface area is 109 Å². The topological polar surface area (TPSA) is 29.1 Å². The predicted octanol–water partition coefficient (Wildman–Crippen LogP) is 3.73. The highest BCUT2D eigenvalue weighted by molar-refractivity contribution is 5.89. The van der Waals surface area contributed by atoms with Crippen LogP contribution in [0.25, 0.3) is 0 Å². The zero-order chi connectivity index (χ0) is 12.8. The molecule has 1 aromatic carbocycles. The average Bonchev–Trinajstić information content (AvgIpc) is 2.82. The molecule has 18 heavy (non-hydrogen) atoms. The molecule has 1 aromatic rings. The van der Waals surface area contributed by atoms with Crippen molar-refractivity contribution in [3.05, 3.63) is 42.5 Å². The molecule has 1 unspecified atom stereocenters. The molecule has 96 valence electrons. The highest BCUT2D eigenvalue weighted by atomic mass is 16.1. The van der Waals surface area contributed by atoms with Crippen LogP contribution in [0, 0.1) is 0 Å². The summed E-state index contributed by atoms with van der Waals surface area (Å²) in [6, 6.07) is 8.19. The normalized spacial score (nSPS) is 17.0. The van der Waals surface area contributed by atoms with E-state index in [1.807, 2.05) is 24.3 Å². The monoisotopic (exact) mass is 243 g/mol. The molecular formula is C16H21NO. The molecule has 0 aliphatic carbocycles. The van der Waals surface area contributed by atoms with Crippen molar-refractivity contribution in [2.75, 3.05) is 5.32 Å². The van der Waals surface area contributed by atoms with Crippen molar-refractivity contribution in [3.8, 4) is 0 Å². The minimum Gasteiger partial charge on any atom is -0.375 e. The number of ketones is 1. The van der Waals surface area contributed by atoms with Gasteiger partial charge in [0.1, 0.15) is 0 Å². The number of unbranched alkanes of at least 4 members (excludes halogenated alkanes) is 3. The maximum absolute atomic E-state index is 12.1. The fourth-order valence-electron chi connectivity index (χ4n) is 2.43. The molecular weight excluding hydrogens is 222 g/mol. The lowest BCUT2D eigenvalue weighted by Crippen LogP contribution is -2.26. The molecule has 1 N–H and O–H groups in total. The molecule has 0 saturated heterocycles. The van der Waals surface area contributed by atoms with Crippen LogP contribution in [0.1, 0.15) is 37.7 Å². The molecule has 0 fully saturated rings. The minimum atomic E-state index is 0.00167. The highest BCUT2D eigenvalue weighted by Gasteiger charge is 2.25. The maximum atomic E-state index is 12.1. The molecule has 2 nitrogen and oxygen atoms in total. The summed E-state index contributed by atoms with van der Waals surface area (Å²) in [5, 5.41) is 3.32. The molecule has 0 amide bonds. The number of anilines is 1. The van der Waals surface area contributed by atoms with Gasteiger partial charge in [0.05, 0.1) is 6.04 Å². The van der Waals surface area contributed by atoms with Crippen molar-refractivity contribution in [1.82, 2.24) is 0 Å². The first-order chi connectivity index (χ1) is 8.81. The number of rotatable bonds is 7. The van der Waals surface area contributed by atoms with Crippen molar-refractivity contribution in [2.24, 2.45) is 0 Å². The third-order valence-corrected chi connectivity index (χ3v) is 3.49. The molecule has 0 saturated carbocycles. The largest absolute Gasteiger partial charge is 0.375 e. The van der Waals surface area contributed by atoms with Gasteiger partial charge in [-0.1, -0.05) is 30.7 Å². The van der Waals surface area contributed by atoms with E-state index in [4.69, 9.17) is 0 Å². The Balaban J connectivity index is 1.74. The van der Waals surface area contributed by atoms with Crippen LogP contribution in [0.15, 0.2) is 36.9 Å². The van der Waals surface area contributed by atoms with Gasteiger partial charge < -0.3 is 5.32 Å². The van der Waals surface area contributed by atoms with Crippen LogP contribution in [-0.2, 0) is 11.2 Å². The summed E-state index contributed by atoms with van der Waals surface area (Å²) in [7, 11) is 0. The second kappa shape index (κ2) is 6.39. The van der Waals surface area contributed by atoms with Crippen LogP contribution in [0.4, 0.5) is 5.69 Å². The molecule has 1 heterocycles. The summed E-state index contributed by atoms with van der Waals surface area (Å²) in [5.41, 5.74) is 2.39. The molecule has 0 spiro atoms. The Kier molecular flexibility index (Phi) is 4.57. The first-order valence-electron chi connectivity index (χ1n) is 6.79. The Morgan fingerprint density at radius 2 is 2.17 bits per heavy atom. The van der Waals surface area contributed by atoms with E-state index in [9.17, 15) is 4.79 Å². The summed E-state index contributed by atoms with van der Waals surface area (Å²) < 4.78 is 0. The van der Waals surface area contributed by atoms with Crippen LogP contribution in [0.5, 0.6) is 0 Å². The summed E-state index contributed by atoms with van der Waals surface area (Å²) in [6.07, 6.45) is 7.82. The van der Waals surface area contributed by atoms with Crippen molar-refractivity contribution < 1.29 is 4.79 Å². The average molecular weight is 243 g/mol. The number of carbonyl (C=O) groups is 1. The van der Waals surface area contributed by atoms with Crippen LogP contribution in [0.3, 0.4) is 0 Å². The maximum Gasteiger partial charge on any atom is 0.155 e. The Hall–Kier alpha value is -1.57. The van der Waals surface area contributed by atoms with Crippen molar-refractivity contribution in [3.63, 3.8) is 0 Å². The second-order valence-corrected chi connectivity index (χ2v) is 4.91. The molecule has 0 bridgehead atoms. The number of carbonyl (C=O) groups excluding carboxylic acids is 1. The predicted molar refractivity (Wildman–Crippen MR) is 75.8 cm³/mol. The van der Waals surface area contributed by atoms with Crippen LogP contribution >= 0.6 is 0 Å². The Morgan fingerprint density at radius 3 is 2.94 bits per heavy atom. The summed E-state index contributed by atoms with van der Waals surface area (Å²) in [4.78, 5) is 12.1. The van der Waals surface area contributed by atoms with Gasteiger partial charge in [0, 0.05) is 18.5 Å². The third kappa shape index (κ3) is 3.22. The highest BCUT2D eigenvalue weighted by Crippen LogP contribution is 2.26. The first-order valence-corrected chi connectivity index (χ1v) is 6.79. The smallest absolute Gasteiger partial charge is 0.155 e. The van der Waals surface area contributed by atoms with Gasteiger partial charge in [0.15, 0.2) is 5.78 Å². The van der Waals surface area contributed by atoms with Gasteiger partial charge in [0.2, 0.25) is 0 Å². The van der Waals surface area contributed by atoms with Gasteiger partial charge in [-0.3, -0.25) is 4.79 Å². The molecule has 1 aliphatic heterocycles. The van der Waals surface area contributed by atoms with Gasteiger partial charge in [-0.25, -0.2) is 0 Å². The van der Waals surface area contributed by atoms with Gasteiger partial charge in [-0.05, 0) is 30.9 Å². The number of benzene rings is 1. The van der Waals surface area contributed by atoms with Gasteiger partial charge in [-0.2, -0.15) is 0 Å². The summed E-state index contributed by atoms with van der Waals surface area (Å²) >= 11 is 0. The van der Waals surface area contributed by atoms with E-state index in [0.29, 0.717) is 12.2 Å². The molecule has 0 aromatic heterocycles. The number of hydrogen-bond acceptors (Lipinski definition) is 2. The standard InChI is InChI=1S/C16H21NO/c1-2-3-4-5-6-11-16(18)15-12-13-9-7-8-10-14(13)17-15/h2,7-10,15,17H,1,3-6,11-12H2. The quantitative estimate of drug-likeness (QED) is 0.584. The summed E-state index contributed by atoms with van der Waals surface area (Å²) in [5.74, 6) is 0.352. The fourth-order valence-corrected chi connectivity index (χ4v) is 2.43. The Morgan fingerprint density at radius 1 is 1.33 bits per heavy atom. The van der Waals surface area contributed by atoms with E-state index >= 15 is 0 Å². The van der Waals surface area contributed by atoms with Gasteiger partial charge in [-0.15, -0.1) is 6.58 Å². The zero-order valence-corrected chi connectivity index (χ0v) is 10.8. The number of Topliss-reactive ketones (excluding diaryl/α,β-unsaturated/α-hetero) is 1. The molecule has 1 aliphatic rings. The van der Waals surface area contributed by atoms with E-state index in [-0.39, 0.29) is 6.04 Å². The molecule has 2 heteroatoms. The van der Waals surface area contributed by atoms with Gasteiger partial charge in [0.25, 0.3) is 0 Å². The van der Waals surface area contributed by atoms with Crippen LogP contribution in [0.2, 0.25) is 0 Å². The number of para-hydroxylation sites is 1. The zero-order valence-electron chi connectivity index (χ0n) is 10.8. The fraction of sp³-hybridized carbons (Fsp3) is 0.438. The van der Waals surface area contributed by atoms with E-state index < -0.39 is 0 Å². The number of nitrogens with one attached hydrogen (secondary N) is 1. The molecule has 0 radical (unpaired) electrons. The number of fused-ring (bicyclic) bond motifs is 1. The minimum absolute atomic E-state index is 0.00167. The third-order valence-electron chi connectivity index (χ3n) is 3.49. The first kappa shape index (κ1) is 12.9. The van der Waals surface area contributed by atoms with E-state index in [0.717, 1.165) is 37.8 Å². The molecule has 1 atom stereocenters.